The van der Waals surface area contributed by atoms with Crippen molar-refractivity contribution >= 4 is 24.0 Å². The lowest BCUT2D eigenvalue weighted by atomic mass is 9.82. The molecule has 4 heteroatoms. The van der Waals surface area contributed by atoms with Gasteiger partial charge in [-0.05, 0) is 67.1 Å². The van der Waals surface area contributed by atoms with Crippen molar-refractivity contribution in [2.75, 3.05) is 18.4 Å². The minimum atomic E-state index is -0.305. The molecule has 2 aromatic rings. The Morgan fingerprint density at radius 3 is 2.71 bits per heavy atom. The Morgan fingerprint density at radius 1 is 1.12 bits per heavy atom. The van der Waals surface area contributed by atoms with Crippen LogP contribution in [0.5, 0.6) is 0 Å². The van der Waals surface area contributed by atoms with Crippen molar-refractivity contribution in [1.82, 2.24) is 5.32 Å². The fourth-order valence-corrected chi connectivity index (χ4v) is 3.75. The summed E-state index contributed by atoms with van der Waals surface area (Å²) in [5, 5.41) is 6.46. The third-order valence-corrected chi connectivity index (χ3v) is 5.20. The molecule has 2 aliphatic rings. The molecule has 4 rings (SSSR count). The van der Waals surface area contributed by atoms with E-state index in [4.69, 9.17) is 0 Å². The first-order chi connectivity index (χ1) is 11.2. The number of piperidine rings is 1. The van der Waals surface area contributed by atoms with Gasteiger partial charge < -0.3 is 10.6 Å². The Morgan fingerprint density at radius 2 is 1.92 bits per heavy atom. The first kappa shape index (κ1) is 17.0. The smallest absolute Gasteiger partial charge is 0.231 e. The second-order valence-electron chi connectivity index (χ2n) is 7.00. The number of anilines is 1. The molecule has 1 fully saturated rings. The second-order valence-corrected chi connectivity index (χ2v) is 7.00. The van der Waals surface area contributed by atoms with E-state index in [1.807, 2.05) is 6.07 Å². The molecule has 1 atom stereocenters. The monoisotopic (exact) mass is 342 g/mol. The minimum Gasteiger partial charge on any atom is -0.326 e. The summed E-state index contributed by atoms with van der Waals surface area (Å²) in [6.07, 6.45) is 2.96. The van der Waals surface area contributed by atoms with Gasteiger partial charge in [0.1, 0.15) is 0 Å². The number of benzene rings is 2. The fraction of sp³-hybridized carbons (Fsp3) is 0.350. The third-order valence-electron chi connectivity index (χ3n) is 5.20. The van der Waals surface area contributed by atoms with E-state index in [1.54, 1.807) is 0 Å². The van der Waals surface area contributed by atoms with Crippen LogP contribution < -0.4 is 10.6 Å². The topological polar surface area (TPSA) is 41.1 Å². The molecule has 1 amide bonds. The van der Waals surface area contributed by atoms with Crippen molar-refractivity contribution < 1.29 is 4.79 Å². The summed E-state index contributed by atoms with van der Waals surface area (Å²) in [5.41, 5.74) is 5.90. The first-order valence-electron chi connectivity index (χ1n) is 8.39. The summed E-state index contributed by atoms with van der Waals surface area (Å²) in [4.78, 5) is 12.7. The number of carbonyl (C=O) groups excluding carboxylic acids is 1. The van der Waals surface area contributed by atoms with Crippen molar-refractivity contribution in [3.63, 3.8) is 0 Å². The molecule has 24 heavy (non-hydrogen) atoms. The number of rotatable bonds is 2. The molecule has 0 saturated carbocycles. The number of carbonyl (C=O) groups is 1. The number of nitrogens with one attached hydrogen (secondary N) is 2. The van der Waals surface area contributed by atoms with Crippen LogP contribution in [0.4, 0.5) is 5.69 Å². The van der Waals surface area contributed by atoms with Gasteiger partial charge in [-0.3, -0.25) is 4.79 Å². The van der Waals surface area contributed by atoms with Crippen molar-refractivity contribution in [2.45, 2.75) is 26.2 Å². The van der Waals surface area contributed by atoms with Gasteiger partial charge in [-0.15, -0.1) is 12.4 Å². The Kier molecular flexibility index (Phi) is 4.66. The van der Waals surface area contributed by atoms with Gasteiger partial charge in [0.15, 0.2) is 0 Å². The molecule has 1 aliphatic heterocycles. The molecule has 1 unspecified atom stereocenters. The highest BCUT2D eigenvalue weighted by atomic mass is 35.5. The normalized spacial score (nSPS) is 21.4. The summed E-state index contributed by atoms with van der Waals surface area (Å²) in [6.45, 7) is 3.83. The van der Waals surface area contributed by atoms with Crippen LogP contribution in [0.2, 0.25) is 0 Å². The van der Waals surface area contributed by atoms with E-state index in [1.165, 1.54) is 22.3 Å². The van der Waals surface area contributed by atoms with E-state index < -0.39 is 0 Å². The van der Waals surface area contributed by atoms with E-state index in [0.717, 1.165) is 38.0 Å². The lowest BCUT2D eigenvalue weighted by Crippen LogP contribution is -2.46. The lowest BCUT2D eigenvalue weighted by molar-refractivity contribution is -0.125. The quantitative estimate of drug-likeness (QED) is 0.739. The Labute approximate surface area is 149 Å². The van der Waals surface area contributed by atoms with Crippen LogP contribution in [0, 0.1) is 5.41 Å². The molecule has 0 aromatic heterocycles. The maximum Gasteiger partial charge on any atom is 0.231 e. The van der Waals surface area contributed by atoms with Crippen molar-refractivity contribution in [1.29, 1.82) is 0 Å². The number of hydrogen-bond donors (Lipinski definition) is 2. The van der Waals surface area contributed by atoms with E-state index in [-0.39, 0.29) is 23.7 Å². The highest BCUT2D eigenvalue weighted by Gasteiger charge is 2.34. The van der Waals surface area contributed by atoms with Crippen LogP contribution in [-0.2, 0) is 11.2 Å². The number of hydrogen-bond acceptors (Lipinski definition) is 2. The van der Waals surface area contributed by atoms with Crippen molar-refractivity contribution in [3.8, 4) is 11.1 Å². The van der Waals surface area contributed by atoms with E-state index in [9.17, 15) is 4.79 Å². The average Bonchev–Trinajstić information content (AvgIpc) is 2.93. The molecule has 1 heterocycles. The van der Waals surface area contributed by atoms with Gasteiger partial charge in [0, 0.05) is 12.2 Å². The van der Waals surface area contributed by atoms with Crippen LogP contribution in [0.15, 0.2) is 42.5 Å². The molecular formula is C20H23ClN2O. The highest BCUT2D eigenvalue weighted by molar-refractivity contribution is 5.96. The van der Waals surface area contributed by atoms with Gasteiger partial charge in [0.05, 0.1) is 5.41 Å². The average molecular weight is 343 g/mol. The van der Waals surface area contributed by atoms with Crippen LogP contribution in [-0.4, -0.2) is 19.0 Å². The van der Waals surface area contributed by atoms with Crippen molar-refractivity contribution in [2.24, 2.45) is 5.41 Å². The SMILES string of the molecule is CC1(C(=O)Nc2ccc3c(c2)Cc2ccccc2-3)CCCNC1.Cl. The molecule has 2 N–H and O–H groups in total. The first-order valence-corrected chi connectivity index (χ1v) is 8.39. The largest absolute Gasteiger partial charge is 0.326 e. The number of halogens is 1. The molecule has 0 spiro atoms. The summed E-state index contributed by atoms with van der Waals surface area (Å²) in [5.74, 6) is 0.125. The summed E-state index contributed by atoms with van der Waals surface area (Å²) in [6, 6.07) is 14.8. The maximum absolute atomic E-state index is 12.7. The third kappa shape index (κ3) is 2.94. The van der Waals surface area contributed by atoms with Gasteiger partial charge in [0.2, 0.25) is 5.91 Å². The van der Waals surface area contributed by atoms with Crippen molar-refractivity contribution in [3.05, 3.63) is 53.6 Å². The zero-order valence-electron chi connectivity index (χ0n) is 13.9. The highest BCUT2D eigenvalue weighted by Crippen LogP contribution is 2.38. The predicted molar refractivity (Wildman–Crippen MR) is 101 cm³/mol. The molecule has 3 nitrogen and oxygen atoms in total. The van der Waals surface area contributed by atoms with Gasteiger partial charge in [0.25, 0.3) is 0 Å². The molecule has 2 aromatic carbocycles. The van der Waals surface area contributed by atoms with Crippen LogP contribution in [0.25, 0.3) is 11.1 Å². The molecular weight excluding hydrogens is 320 g/mol. The zero-order chi connectivity index (χ0) is 15.9. The van der Waals surface area contributed by atoms with E-state index >= 15 is 0 Å². The molecule has 1 aliphatic carbocycles. The fourth-order valence-electron chi connectivity index (χ4n) is 3.75. The van der Waals surface area contributed by atoms with Crippen LogP contribution >= 0.6 is 12.4 Å². The number of fused-ring (bicyclic) bond motifs is 3. The Hall–Kier alpha value is -1.84. The van der Waals surface area contributed by atoms with Gasteiger partial charge >= 0.3 is 0 Å². The summed E-state index contributed by atoms with van der Waals surface area (Å²) in [7, 11) is 0. The Bertz CT molecular complexity index is 766. The summed E-state index contributed by atoms with van der Waals surface area (Å²) < 4.78 is 0. The zero-order valence-corrected chi connectivity index (χ0v) is 14.7. The van der Waals surface area contributed by atoms with Crippen LogP contribution in [0.3, 0.4) is 0 Å². The molecule has 126 valence electrons. The van der Waals surface area contributed by atoms with Gasteiger partial charge in [-0.2, -0.15) is 0 Å². The standard InChI is InChI=1S/C20H22N2O.ClH/c1-20(9-4-10-21-13-20)19(23)22-16-7-8-18-15(12-16)11-14-5-2-3-6-17(14)18;/h2-3,5-8,12,21H,4,9-11,13H2,1H3,(H,22,23);1H. The predicted octanol–water partition coefficient (Wildman–Crippen LogP) is 4.01. The molecule has 0 bridgehead atoms. The lowest BCUT2D eigenvalue weighted by Gasteiger charge is -2.32. The summed E-state index contributed by atoms with van der Waals surface area (Å²) >= 11 is 0. The molecule has 0 radical (unpaired) electrons. The van der Waals surface area contributed by atoms with Crippen LogP contribution in [0.1, 0.15) is 30.9 Å². The number of amides is 1. The van der Waals surface area contributed by atoms with E-state index in [0.29, 0.717) is 0 Å². The van der Waals surface area contributed by atoms with Gasteiger partial charge in [-0.25, -0.2) is 0 Å². The maximum atomic E-state index is 12.7. The second kappa shape index (κ2) is 6.58. The minimum absolute atomic E-state index is 0. The van der Waals surface area contributed by atoms with E-state index in [2.05, 4.69) is 54.0 Å². The Balaban J connectivity index is 0.00000169. The van der Waals surface area contributed by atoms with Gasteiger partial charge in [-0.1, -0.05) is 30.3 Å². The molecule has 1 saturated heterocycles.